The van der Waals surface area contributed by atoms with Crippen molar-refractivity contribution in [3.63, 3.8) is 0 Å². The lowest BCUT2D eigenvalue weighted by Crippen LogP contribution is -1.97. The molecular weight excluding hydrogens is 338 g/mol. The van der Waals surface area contributed by atoms with Gasteiger partial charge in [-0.25, -0.2) is 8.78 Å². The summed E-state index contributed by atoms with van der Waals surface area (Å²) in [5, 5.41) is 28.9. The van der Waals surface area contributed by atoms with Crippen LogP contribution >= 0.6 is 0 Å². The summed E-state index contributed by atoms with van der Waals surface area (Å²) in [4.78, 5) is 0. The average Bonchev–Trinajstić information content (AvgIpc) is 2.59. The van der Waals surface area contributed by atoms with E-state index in [1.807, 2.05) is 0 Å². The van der Waals surface area contributed by atoms with Gasteiger partial charge in [-0.1, -0.05) is 24.3 Å². The molecule has 3 N–H and O–H groups in total. The molecule has 0 saturated heterocycles. The molecule has 0 fully saturated rings. The van der Waals surface area contributed by atoms with Gasteiger partial charge in [-0.15, -0.1) is 0 Å². The predicted octanol–water partition coefficient (Wildman–Crippen LogP) is 4.57. The van der Waals surface area contributed by atoms with Crippen molar-refractivity contribution in [2.45, 2.75) is 19.8 Å². The van der Waals surface area contributed by atoms with Crippen LogP contribution in [0.25, 0.3) is 0 Å². The average molecular weight is 356 g/mol. The van der Waals surface area contributed by atoms with Crippen molar-refractivity contribution in [2.75, 3.05) is 0 Å². The molecule has 0 aliphatic carbocycles. The van der Waals surface area contributed by atoms with E-state index in [2.05, 4.69) is 0 Å². The number of hydrogen-bond acceptors (Lipinski definition) is 3. The van der Waals surface area contributed by atoms with Crippen LogP contribution in [0.5, 0.6) is 17.2 Å². The minimum absolute atomic E-state index is 0.124. The first-order valence-electron chi connectivity index (χ1n) is 8.09. The van der Waals surface area contributed by atoms with Gasteiger partial charge in [0.25, 0.3) is 0 Å². The number of halogens is 2. The molecule has 0 unspecified atom stereocenters. The third kappa shape index (κ3) is 3.77. The normalized spacial score (nSPS) is 10.9. The number of aryl methyl sites for hydroxylation is 1. The van der Waals surface area contributed by atoms with Gasteiger partial charge < -0.3 is 15.3 Å². The van der Waals surface area contributed by atoms with Crippen molar-refractivity contribution in [1.82, 2.24) is 0 Å². The second kappa shape index (κ2) is 7.04. The largest absolute Gasteiger partial charge is 0.507 e. The van der Waals surface area contributed by atoms with Crippen LogP contribution < -0.4 is 0 Å². The fourth-order valence-corrected chi connectivity index (χ4v) is 2.95. The Bertz CT molecular complexity index is 968. The Labute approximate surface area is 149 Å². The van der Waals surface area contributed by atoms with E-state index in [1.54, 1.807) is 31.2 Å². The predicted molar refractivity (Wildman–Crippen MR) is 94.6 cm³/mol. The molecule has 0 aromatic heterocycles. The van der Waals surface area contributed by atoms with Gasteiger partial charge in [-0.2, -0.15) is 0 Å². The minimum Gasteiger partial charge on any atom is -0.507 e. The Hall–Kier alpha value is -3.08. The molecule has 0 aliphatic rings. The maximum absolute atomic E-state index is 13.5. The number of benzene rings is 3. The third-order valence-electron chi connectivity index (χ3n) is 4.27. The molecule has 3 nitrogen and oxygen atoms in total. The lowest BCUT2D eigenvalue weighted by Gasteiger charge is -2.12. The van der Waals surface area contributed by atoms with Crippen molar-refractivity contribution in [2.24, 2.45) is 0 Å². The SMILES string of the molecule is Cc1cc(Cc2ccc(O)c(F)c2)cc(Cc2ccc(O)c(F)c2)c1O. The second-order valence-corrected chi connectivity index (χ2v) is 6.35. The number of aromatic hydroxyl groups is 3. The molecule has 0 heterocycles. The van der Waals surface area contributed by atoms with E-state index in [0.717, 1.165) is 5.56 Å². The fourth-order valence-electron chi connectivity index (χ4n) is 2.95. The van der Waals surface area contributed by atoms with Crippen LogP contribution in [0.15, 0.2) is 48.5 Å². The van der Waals surface area contributed by atoms with Crippen molar-refractivity contribution < 1.29 is 24.1 Å². The summed E-state index contributed by atoms with van der Waals surface area (Å²) < 4.78 is 27.0. The maximum Gasteiger partial charge on any atom is 0.165 e. The lowest BCUT2D eigenvalue weighted by molar-refractivity contribution is 0.431. The lowest BCUT2D eigenvalue weighted by atomic mass is 9.95. The first-order valence-corrected chi connectivity index (χ1v) is 8.09. The van der Waals surface area contributed by atoms with E-state index in [0.29, 0.717) is 35.1 Å². The monoisotopic (exact) mass is 356 g/mol. The van der Waals surface area contributed by atoms with Crippen LogP contribution in [-0.4, -0.2) is 15.3 Å². The van der Waals surface area contributed by atoms with Crippen LogP contribution in [0.4, 0.5) is 8.78 Å². The summed E-state index contributed by atoms with van der Waals surface area (Å²) in [5.41, 5.74) is 3.44. The molecule has 26 heavy (non-hydrogen) atoms. The molecule has 3 aromatic carbocycles. The highest BCUT2D eigenvalue weighted by Gasteiger charge is 2.11. The zero-order valence-electron chi connectivity index (χ0n) is 14.1. The van der Waals surface area contributed by atoms with Crippen LogP contribution in [0.3, 0.4) is 0 Å². The summed E-state index contributed by atoms with van der Waals surface area (Å²) in [6.45, 7) is 1.76. The van der Waals surface area contributed by atoms with E-state index in [1.165, 1.54) is 24.3 Å². The minimum atomic E-state index is -0.713. The zero-order chi connectivity index (χ0) is 18.8. The Morgan fingerprint density at radius 3 is 1.77 bits per heavy atom. The van der Waals surface area contributed by atoms with E-state index in [4.69, 9.17) is 0 Å². The van der Waals surface area contributed by atoms with Crippen LogP contribution in [0, 0.1) is 18.6 Å². The Morgan fingerprint density at radius 1 is 0.692 bits per heavy atom. The van der Waals surface area contributed by atoms with Crippen LogP contribution in [-0.2, 0) is 12.8 Å². The van der Waals surface area contributed by atoms with E-state index < -0.39 is 23.1 Å². The van der Waals surface area contributed by atoms with Crippen molar-refractivity contribution in [3.8, 4) is 17.2 Å². The Balaban J connectivity index is 1.91. The summed E-state index contributed by atoms with van der Waals surface area (Å²) >= 11 is 0. The first kappa shape index (κ1) is 17.7. The van der Waals surface area contributed by atoms with Crippen molar-refractivity contribution in [1.29, 1.82) is 0 Å². The quantitative estimate of drug-likeness (QED) is 0.642. The van der Waals surface area contributed by atoms with Crippen molar-refractivity contribution >= 4 is 0 Å². The fraction of sp³-hybridized carbons (Fsp3) is 0.143. The molecule has 0 aliphatic heterocycles. The molecule has 5 heteroatoms. The Morgan fingerprint density at radius 2 is 1.23 bits per heavy atom. The molecule has 3 rings (SSSR count). The zero-order valence-corrected chi connectivity index (χ0v) is 14.1. The number of phenolic OH excluding ortho intramolecular Hbond substituents is 3. The molecular formula is C21H18F2O3. The molecule has 0 atom stereocenters. The molecule has 134 valence electrons. The molecule has 0 spiro atoms. The molecule has 0 bridgehead atoms. The summed E-state index contributed by atoms with van der Waals surface area (Å²) in [5.74, 6) is -2.09. The maximum atomic E-state index is 13.5. The van der Waals surface area contributed by atoms with Gasteiger partial charge in [0.1, 0.15) is 5.75 Å². The standard InChI is InChI=1S/C21H18F2O3/c1-12-6-15(7-13-2-4-19(24)17(22)10-13)9-16(21(12)26)8-14-3-5-20(25)18(23)11-14/h2-6,9-11,24-26H,7-8H2,1H3. The van der Waals surface area contributed by atoms with Crippen molar-refractivity contribution in [3.05, 3.63) is 88.0 Å². The second-order valence-electron chi connectivity index (χ2n) is 6.35. The molecule has 0 radical (unpaired) electrons. The van der Waals surface area contributed by atoms with E-state index in [9.17, 15) is 24.1 Å². The molecule has 3 aromatic rings. The van der Waals surface area contributed by atoms with Gasteiger partial charge >= 0.3 is 0 Å². The van der Waals surface area contributed by atoms with Crippen LogP contribution in [0.1, 0.15) is 27.8 Å². The first-order chi connectivity index (χ1) is 12.3. The van der Waals surface area contributed by atoms with Gasteiger partial charge in [0, 0.05) is 6.42 Å². The number of hydrogen-bond donors (Lipinski definition) is 3. The summed E-state index contributed by atoms with van der Waals surface area (Å²) in [6.07, 6.45) is 0.719. The summed E-state index contributed by atoms with van der Waals surface area (Å²) in [7, 11) is 0. The summed E-state index contributed by atoms with van der Waals surface area (Å²) in [6, 6.07) is 11.9. The smallest absolute Gasteiger partial charge is 0.165 e. The number of rotatable bonds is 4. The highest BCUT2D eigenvalue weighted by molar-refractivity contribution is 5.47. The van der Waals surface area contributed by atoms with Crippen LogP contribution in [0.2, 0.25) is 0 Å². The van der Waals surface area contributed by atoms with Gasteiger partial charge in [-0.3, -0.25) is 0 Å². The molecule has 0 saturated carbocycles. The van der Waals surface area contributed by atoms with Gasteiger partial charge in [0.05, 0.1) is 0 Å². The topological polar surface area (TPSA) is 60.7 Å². The van der Waals surface area contributed by atoms with Gasteiger partial charge in [-0.05, 0) is 65.4 Å². The highest BCUT2D eigenvalue weighted by atomic mass is 19.1. The Kier molecular flexibility index (Phi) is 4.80. The number of phenols is 3. The highest BCUT2D eigenvalue weighted by Crippen LogP contribution is 2.29. The van der Waals surface area contributed by atoms with Gasteiger partial charge in [0.2, 0.25) is 0 Å². The molecule has 0 amide bonds. The van der Waals surface area contributed by atoms with E-state index in [-0.39, 0.29) is 5.75 Å². The third-order valence-corrected chi connectivity index (χ3v) is 4.27. The van der Waals surface area contributed by atoms with Gasteiger partial charge in [0.15, 0.2) is 23.1 Å². The van der Waals surface area contributed by atoms with E-state index >= 15 is 0 Å².